The van der Waals surface area contributed by atoms with Crippen LogP contribution in [0.25, 0.3) is 0 Å². The van der Waals surface area contributed by atoms with Crippen LogP contribution in [0, 0.1) is 11.8 Å². The predicted molar refractivity (Wildman–Crippen MR) is 100 cm³/mol. The number of nitrogens with one attached hydrogen (secondary N) is 2. The zero-order valence-corrected chi connectivity index (χ0v) is 16.2. The normalized spacial score (nSPS) is 24.0. The van der Waals surface area contributed by atoms with Crippen LogP contribution >= 0.6 is 0 Å². The van der Waals surface area contributed by atoms with Gasteiger partial charge in [-0.05, 0) is 63.7 Å². The molecule has 1 aliphatic heterocycles. The Bertz CT molecular complexity index is 839. The minimum absolute atomic E-state index is 0.0763. The molecular weight excluding hydrogens is 387 g/mol. The third kappa shape index (κ3) is 4.42. The van der Waals surface area contributed by atoms with Crippen molar-refractivity contribution in [3.8, 4) is 17.5 Å². The average Bonchev–Trinajstić information content (AvgIpc) is 3.12. The van der Waals surface area contributed by atoms with Crippen LogP contribution in [0.3, 0.4) is 0 Å². The Labute approximate surface area is 166 Å². The second-order valence-corrected chi connectivity index (χ2v) is 7.78. The summed E-state index contributed by atoms with van der Waals surface area (Å²) < 4.78 is 49.4. The number of piperidine rings is 1. The number of benzene rings is 1. The number of halogens is 3. The summed E-state index contributed by atoms with van der Waals surface area (Å²) in [6.45, 7) is 5.73. The van der Waals surface area contributed by atoms with Gasteiger partial charge in [0.05, 0.1) is 6.04 Å². The van der Waals surface area contributed by atoms with Gasteiger partial charge in [0.15, 0.2) is 11.5 Å². The van der Waals surface area contributed by atoms with Crippen molar-refractivity contribution in [3.05, 3.63) is 24.3 Å². The van der Waals surface area contributed by atoms with E-state index in [1.165, 1.54) is 18.2 Å². The first-order chi connectivity index (χ1) is 13.8. The number of anilines is 1. The fraction of sp³-hybridized carbons (Fsp3) is 0.579. The number of nitrogens with zero attached hydrogens (tertiary/aromatic N) is 3. The van der Waals surface area contributed by atoms with Crippen LogP contribution in [0.2, 0.25) is 0 Å². The van der Waals surface area contributed by atoms with Gasteiger partial charge in [0.2, 0.25) is 5.95 Å². The molecule has 2 aromatic rings. The second-order valence-electron chi connectivity index (χ2n) is 7.78. The SMILES string of the molecule is CC(C)n1nc(N[C@H]2[C@@H]3CC[C@H]2CNC3)nc1Oc1ccccc1OC(F)(F)F. The quantitative estimate of drug-likeness (QED) is 0.750. The van der Waals surface area contributed by atoms with Crippen LogP contribution in [0.1, 0.15) is 32.7 Å². The van der Waals surface area contributed by atoms with Crippen LogP contribution in [-0.4, -0.2) is 40.3 Å². The van der Waals surface area contributed by atoms with E-state index in [0.717, 1.165) is 25.9 Å². The molecule has 2 heterocycles. The van der Waals surface area contributed by atoms with Gasteiger partial charge in [-0.1, -0.05) is 12.1 Å². The Kier molecular flexibility index (Phi) is 5.28. The Morgan fingerprint density at radius 1 is 1.14 bits per heavy atom. The number of fused-ring (bicyclic) bond motifs is 2. The van der Waals surface area contributed by atoms with Crippen LogP contribution in [0.15, 0.2) is 24.3 Å². The van der Waals surface area contributed by atoms with Crippen LogP contribution in [-0.2, 0) is 0 Å². The number of aromatic nitrogens is 3. The van der Waals surface area contributed by atoms with Gasteiger partial charge in [0, 0.05) is 6.04 Å². The molecule has 0 radical (unpaired) electrons. The van der Waals surface area contributed by atoms with Gasteiger partial charge >= 0.3 is 12.4 Å². The van der Waals surface area contributed by atoms with Gasteiger partial charge in [-0.3, -0.25) is 0 Å². The van der Waals surface area contributed by atoms with Crippen molar-refractivity contribution in [2.45, 2.75) is 45.1 Å². The van der Waals surface area contributed by atoms with Gasteiger partial charge in [-0.2, -0.15) is 4.98 Å². The molecule has 7 nitrogen and oxygen atoms in total. The van der Waals surface area contributed by atoms with Crippen molar-refractivity contribution in [1.82, 2.24) is 20.1 Å². The topological polar surface area (TPSA) is 73.2 Å². The lowest BCUT2D eigenvalue weighted by Crippen LogP contribution is -2.45. The summed E-state index contributed by atoms with van der Waals surface area (Å²) in [6, 6.07) is 5.93. The van der Waals surface area contributed by atoms with E-state index >= 15 is 0 Å². The minimum atomic E-state index is -4.81. The predicted octanol–water partition coefficient (Wildman–Crippen LogP) is 3.96. The fourth-order valence-electron chi connectivity index (χ4n) is 4.09. The molecule has 1 aromatic heterocycles. The molecule has 1 aliphatic carbocycles. The Morgan fingerprint density at radius 3 is 2.41 bits per heavy atom. The van der Waals surface area contributed by atoms with Crippen molar-refractivity contribution in [3.63, 3.8) is 0 Å². The molecule has 2 aliphatic rings. The molecule has 10 heteroatoms. The van der Waals surface area contributed by atoms with E-state index in [0.29, 0.717) is 17.8 Å². The lowest BCUT2D eigenvalue weighted by Gasteiger charge is -2.30. The first-order valence-corrected chi connectivity index (χ1v) is 9.76. The average molecular weight is 411 g/mol. The van der Waals surface area contributed by atoms with E-state index < -0.39 is 12.1 Å². The first kappa shape index (κ1) is 19.8. The fourth-order valence-corrected chi connectivity index (χ4v) is 4.09. The zero-order valence-electron chi connectivity index (χ0n) is 16.2. The van der Waals surface area contributed by atoms with Gasteiger partial charge in [0.25, 0.3) is 0 Å². The van der Waals surface area contributed by atoms with Crippen LogP contribution in [0.5, 0.6) is 17.5 Å². The lowest BCUT2D eigenvalue weighted by atomic mass is 9.94. The Balaban J connectivity index is 1.57. The number of ether oxygens (including phenoxy) is 2. The standard InChI is InChI=1S/C19H24F3N5O2/c1-11(2)27-18(28-14-5-3-4-6-15(14)29-19(20,21)22)25-17(26-27)24-16-12-7-8-13(16)10-23-9-12/h3-6,11-13,16,23H,7-10H2,1-2H3,(H,24,26)/t12-,13+,16+. The summed E-state index contributed by atoms with van der Waals surface area (Å²) in [6.07, 6.45) is -2.50. The molecule has 0 unspecified atom stereocenters. The van der Waals surface area contributed by atoms with E-state index in [9.17, 15) is 13.2 Å². The third-order valence-corrected chi connectivity index (χ3v) is 5.40. The molecule has 2 fully saturated rings. The number of alkyl halides is 3. The van der Waals surface area contributed by atoms with Gasteiger partial charge in [-0.15, -0.1) is 18.3 Å². The van der Waals surface area contributed by atoms with Crippen molar-refractivity contribution in [2.24, 2.45) is 11.8 Å². The van der Waals surface area contributed by atoms with Gasteiger partial charge in [-0.25, -0.2) is 4.68 Å². The van der Waals surface area contributed by atoms with Crippen LogP contribution < -0.4 is 20.1 Å². The highest BCUT2D eigenvalue weighted by Gasteiger charge is 2.39. The molecule has 0 amide bonds. The maximum absolute atomic E-state index is 12.7. The maximum Gasteiger partial charge on any atom is 0.573 e. The van der Waals surface area contributed by atoms with Crippen molar-refractivity contribution in [2.75, 3.05) is 18.4 Å². The van der Waals surface area contributed by atoms with Gasteiger partial charge < -0.3 is 20.1 Å². The molecule has 1 aromatic carbocycles. The molecule has 29 heavy (non-hydrogen) atoms. The Morgan fingerprint density at radius 2 is 1.79 bits per heavy atom. The molecule has 1 saturated heterocycles. The third-order valence-electron chi connectivity index (χ3n) is 5.40. The number of para-hydroxylation sites is 2. The Hall–Kier alpha value is -2.49. The first-order valence-electron chi connectivity index (χ1n) is 9.76. The van der Waals surface area contributed by atoms with Crippen molar-refractivity contribution in [1.29, 1.82) is 0 Å². The number of rotatable bonds is 6. The molecule has 2 bridgehead atoms. The molecule has 1 saturated carbocycles. The number of hydrogen-bond acceptors (Lipinski definition) is 6. The molecule has 158 valence electrons. The highest BCUT2D eigenvalue weighted by Crippen LogP contribution is 2.37. The summed E-state index contributed by atoms with van der Waals surface area (Å²) in [7, 11) is 0. The van der Waals surface area contributed by atoms with Crippen molar-refractivity contribution >= 4 is 5.95 Å². The highest BCUT2D eigenvalue weighted by atomic mass is 19.4. The van der Waals surface area contributed by atoms with Crippen molar-refractivity contribution < 1.29 is 22.6 Å². The lowest BCUT2D eigenvalue weighted by molar-refractivity contribution is -0.275. The molecule has 3 atom stereocenters. The van der Waals surface area contributed by atoms with Crippen LogP contribution in [0.4, 0.5) is 19.1 Å². The van der Waals surface area contributed by atoms with E-state index in [1.807, 2.05) is 13.8 Å². The molecule has 0 spiro atoms. The molecule has 2 N–H and O–H groups in total. The summed E-state index contributed by atoms with van der Waals surface area (Å²) in [4.78, 5) is 4.42. The largest absolute Gasteiger partial charge is 0.573 e. The minimum Gasteiger partial charge on any atom is -0.420 e. The van der Waals surface area contributed by atoms with E-state index in [1.54, 1.807) is 10.7 Å². The number of hydrogen-bond donors (Lipinski definition) is 2. The van der Waals surface area contributed by atoms with E-state index in [-0.39, 0.29) is 23.8 Å². The monoisotopic (exact) mass is 411 g/mol. The summed E-state index contributed by atoms with van der Waals surface area (Å²) in [5.41, 5.74) is 0. The van der Waals surface area contributed by atoms with E-state index in [2.05, 4.69) is 25.5 Å². The van der Waals surface area contributed by atoms with Gasteiger partial charge in [0.1, 0.15) is 0 Å². The summed E-state index contributed by atoms with van der Waals surface area (Å²) >= 11 is 0. The zero-order chi connectivity index (χ0) is 20.6. The molecule has 4 rings (SSSR count). The smallest absolute Gasteiger partial charge is 0.420 e. The van der Waals surface area contributed by atoms with E-state index in [4.69, 9.17) is 4.74 Å². The highest BCUT2D eigenvalue weighted by molar-refractivity contribution is 5.42. The second kappa shape index (κ2) is 7.74. The summed E-state index contributed by atoms with van der Waals surface area (Å²) in [5, 5.41) is 11.3. The summed E-state index contributed by atoms with van der Waals surface area (Å²) in [5.74, 6) is 0.957. The maximum atomic E-state index is 12.7. The molecular formula is C19H24F3N5O2.